The highest BCUT2D eigenvalue weighted by Gasteiger charge is 2.29. The van der Waals surface area contributed by atoms with Crippen LogP contribution in [-0.2, 0) is 4.74 Å². The lowest BCUT2D eigenvalue weighted by molar-refractivity contribution is 0.0597. The second kappa shape index (κ2) is 7.84. The van der Waals surface area contributed by atoms with Gasteiger partial charge >= 0.3 is 6.09 Å². The van der Waals surface area contributed by atoms with E-state index < -0.39 is 11.7 Å². The monoisotopic (exact) mass is 392 g/mol. The number of amides is 1. The van der Waals surface area contributed by atoms with Crippen LogP contribution in [0.25, 0.3) is 5.52 Å². The summed E-state index contributed by atoms with van der Waals surface area (Å²) in [6.07, 6.45) is 1.07. The van der Waals surface area contributed by atoms with Gasteiger partial charge in [0.2, 0.25) is 0 Å². The number of hydrogen-bond donors (Lipinski definition) is 0. The second-order valence-corrected chi connectivity index (χ2v) is 7.55. The fraction of sp³-hybridized carbons (Fsp3) is 0.318. The predicted octanol–water partition coefficient (Wildman–Crippen LogP) is 4.99. The number of nitrogens with zero attached hydrogens (tertiary/aromatic N) is 4. The molecule has 0 saturated heterocycles. The van der Waals surface area contributed by atoms with Crippen molar-refractivity contribution in [3.63, 3.8) is 0 Å². The molecule has 2 aromatic heterocycles. The van der Waals surface area contributed by atoms with Crippen molar-refractivity contribution in [2.24, 2.45) is 0 Å². The van der Waals surface area contributed by atoms with Gasteiger partial charge in [-0.3, -0.25) is 0 Å². The van der Waals surface area contributed by atoms with Crippen LogP contribution < -0.4 is 9.64 Å². The van der Waals surface area contributed by atoms with Crippen molar-refractivity contribution in [2.45, 2.75) is 40.2 Å². The maximum absolute atomic E-state index is 13.2. The molecular weight excluding hydrogens is 368 g/mol. The van der Waals surface area contributed by atoms with Crippen LogP contribution >= 0.6 is 0 Å². The molecule has 3 rings (SSSR count). The van der Waals surface area contributed by atoms with Crippen LogP contribution in [0.15, 0.2) is 42.6 Å². The van der Waals surface area contributed by atoms with Crippen molar-refractivity contribution in [3.8, 4) is 11.8 Å². The van der Waals surface area contributed by atoms with Crippen molar-refractivity contribution in [1.29, 1.82) is 5.26 Å². The molecule has 0 aliphatic rings. The van der Waals surface area contributed by atoms with Crippen LogP contribution in [0.2, 0.25) is 0 Å². The second-order valence-electron chi connectivity index (χ2n) is 7.55. The minimum absolute atomic E-state index is 0.486. The summed E-state index contributed by atoms with van der Waals surface area (Å²) >= 11 is 0. The molecule has 0 radical (unpaired) electrons. The topological polar surface area (TPSA) is 79.9 Å². The number of carbonyl (C=O) groups is 1. The molecule has 0 fully saturated rings. The standard InChI is InChI=1S/C22H24N4O3/c1-6-28-18-9-7-17(8-10-18)25(21(27)29-22(3,4)5)20-15(2)13-16(14-23)19-11-12-24-26(19)20/h7-13H,6H2,1-5H3. The van der Waals surface area contributed by atoms with Gasteiger partial charge in [0.25, 0.3) is 0 Å². The molecule has 0 spiro atoms. The number of ether oxygens (including phenoxy) is 2. The maximum atomic E-state index is 13.2. The molecule has 0 atom stereocenters. The Morgan fingerprint density at radius 3 is 2.52 bits per heavy atom. The van der Waals surface area contributed by atoms with Gasteiger partial charge in [-0.15, -0.1) is 0 Å². The molecule has 7 nitrogen and oxygen atoms in total. The van der Waals surface area contributed by atoms with Gasteiger partial charge < -0.3 is 9.47 Å². The maximum Gasteiger partial charge on any atom is 0.420 e. The zero-order valence-electron chi connectivity index (χ0n) is 17.3. The minimum atomic E-state index is -0.676. The number of nitriles is 1. The number of carbonyl (C=O) groups excluding carboxylic acids is 1. The van der Waals surface area contributed by atoms with Crippen LogP contribution in [0.5, 0.6) is 5.75 Å². The van der Waals surface area contributed by atoms with Crippen LogP contribution in [0.3, 0.4) is 0 Å². The van der Waals surface area contributed by atoms with Gasteiger partial charge in [0.1, 0.15) is 23.2 Å². The zero-order valence-corrected chi connectivity index (χ0v) is 17.3. The molecule has 0 aliphatic heterocycles. The van der Waals surface area contributed by atoms with Crippen molar-refractivity contribution in [3.05, 3.63) is 53.7 Å². The number of aryl methyl sites for hydroxylation is 1. The van der Waals surface area contributed by atoms with Gasteiger partial charge in [0.05, 0.1) is 29.6 Å². The first kappa shape index (κ1) is 20.2. The number of aromatic nitrogens is 2. The third-order valence-electron chi connectivity index (χ3n) is 4.15. The van der Waals surface area contributed by atoms with E-state index in [-0.39, 0.29) is 0 Å². The fourth-order valence-corrected chi connectivity index (χ4v) is 3.04. The lowest BCUT2D eigenvalue weighted by Gasteiger charge is -2.29. The molecule has 1 amide bonds. The summed E-state index contributed by atoms with van der Waals surface area (Å²) in [6, 6.07) is 12.9. The quantitative estimate of drug-likeness (QED) is 0.625. The number of hydrogen-bond acceptors (Lipinski definition) is 5. The highest BCUT2D eigenvalue weighted by Crippen LogP contribution is 2.33. The molecule has 150 valence electrons. The molecule has 2 heterocycles. The first-order valence-electron chi connectivity index (χ1n) is 9.38. The lowest BCUT2D eigenvalue weighted by Crippen LogP contribution is -2.35. The van der Waals surface area contributed by atoms with Crippen LogP contribution in [0, 0.1) is 18.3 Å². The first-order chi connectivity index (χ1) is 13.7. The summed E-state index contributed by atoms with van der Waals surface area (Å²) in [4.78, 5) is 14.7. The number of benzene rings is 1. The van der Waals surface area contributed by atoms with E-state index in [1.165, 1.54) is 4.90 Å². The van der Waals surface area contributed by atoms with Gasteiger partial charge in [-0.2, -0.15) is 10.4 Å². The predicted molar refractivity (Wildman–Crippen MR) is 111 cm³/mol. The Morgan fingerprint density at radius 2 is 1.93 bits per heavy atom. The van der Waals surface area contributed by atoms with Crippen molar-refractivity contribution in [2.75, 3.05) is 11.5 Å². The first-order valence-corrected chi connectivity index (χ1v) is 9.38. The van der Waals surface area contributed by atoms with E-state index in [0.29, 0.717) is 34.9 Å². The van der Waals surface area contributed by atoms with Crippen LogP contribution in [0.1, 0.15) is 38.8 Å². The normalized spacial score (nSPS) is 11.2. The SMILES string of the molecule is CCOc1ccc(N(C(=O)OC(C)(C)C)c2c(C)cc(C#N)c3ccnn23)cc1. The molecule has 0 aliphatic carbocycles. The van der Waals surface area contributed by atoms with E-state index in [2.05, 4.69) is 11.2 Å². The average molecular weight is 392 g/mol. The van der Waals surface area contributed by atoms with Crippen LogP contribution in [-0.4, -0.2) is 27.9 Å². The van der Waals surface area contributed by atoms with Crippen molar-refractivity contribution >= 4 is 23.1 Å². The third kappa shape index (κ3) is 4.16. The summed E-state index contributed by atoms with van der Waals surface area (Å²) in [5.41, 5.74) is 1.75. The van der Waals surface area contributed by atoms with E-state index in [0.717, 1.165) is 5.56 Å². The number of rotatable bonds is 4. The Hall–Kier alpha value is -3.53. The Bertz CT molecular complexity index is 1070. The summed E-state index contributed by atoms with van der Waals surface area (Å²) < 4.78 is 12.8. The molecule has 0 N–H and O–H groups in total. The van der Waals surface area contributed by atoms with E-state index in [1.54, 1.807) is 47.1 Å². The minimum Gasteiger partial charge on any atom is -0.494 e. The lowest BCUT2D eigenvalue weighted by atomic mass is 10.1. The number of anilines is 2. The van der Waals surface area contributed by atoms with Crippen molar-refractivity contribution < 1.29 is 14.3 Å². The Labute approximate surface area is 170 Å². The average Bonchev–Trinajstić information content (AvgIpc) is 3.13. The number of fused-ring (bicyclic) bond motifs is 1. The largest absolute Gasteiger partial charge is 0.494 e. The van der Waals surface area contributed by atoms with Gasteiger partial charge in [-0.25, -0.2) is 14.2 Å². The summed E-state index contributed by atoms with van der Waals surface area (Å²) in [5.74, 6) is 1.23. The van der Waals surface area contributed by atoms with E-state index in [1.807, 2.05) is 34.6 Å². The molecule has 1 aromatic carbocycles. The molecular formula is C22H24N4O3. The Balaban J connectivity index is 2.20. The third-order valence-corrected chi connectivity index (χ3v) is 4.15. The molecule has 0 bridgehead atoms. The summed E-state index contributed by atoms with van der Waals surface area (Å²) in [7, 11) is 0. The van der Waals surface area contributed by atoms with Gasteiger partial charge in [-0.05, 0) is 76.6 Å². The highest BCUT2D eigenvalue weighted by atomic mass is 16.6. The Morgan fingerprint density at radius 1 is 1.24 bits per heavy atom. The van der Waals surface area contributed by atoms with E-state index in [9.17, 15) is 10.1 Å². The Kier molecular flexibility index (Phi) is 5.46. The van der Waals surface area contributed by atoms with Crippen molar-refractivity contribution in [1.82, 2.24) is 9.61 Å². The van der Waals surface area contributed by atoms with Crippen LogP contribution in [0.4, 0.5) is 16.3 Å². The van der Waals surface area contributed by atoms with Gasteiger partial charge in [0, 0.05) is 0 Å². The molecule has 29 heavy (non-hydrogen) atoms. The molecule has 7 heteroatoms. The van der Waals surface area contributed by atoms with Gasteiger partial charge in [0.15, 0.2) is 0 Å². The van der Waals surface area contributed by atoms with E-state index in [4.69, 9.17) is 9.47 Å². The summed E-state index contributed by atoms with van der Waals surface area (Å²) in [5, 5.41) is 13.8. The molecule has 0 saturated carbocycles. The van der Waals surface area contributed by atoms with E-state index >= 15 is 0 Å². The molecule has 3 aromatic rings. The zero-order chi connectivity index (χ0) is 21.2. The fourth-order valence-electron chi connectivity index (χ4n) is 3.04. The highest BCUT2D eigenvalue weighted by molar-refractivity contribution is 5.96. The number of pyridine rings is 1. The smallest absolute Gasteiger partial charge is 0.420 e. The molecule has 0 unspecified atom stereocenters. The summed E-state index contributed by atoms with van der Waals surface area (Å²) in [6.45, 7) is 9.75. The van der Waals surface area contributed by atoms with Gasteiger partial charge in [-0.1, -0.05) is 0 Å².